The molecular weight excluding hydrogens is 360 g/mol. The smallest absolute Gasteiger partial charge is 0.233 e. The van der Waals surface area contributed by atoms with Crippen LogP contribution in [0.2, 0.25) is 0 Å². The van der Waals surface area contributed by atoms with Gasteiger partial charge in [0.05, 0.1) is 12.3 Å². The monoisotopic (exact) mass is 382 g/mol. The van der Waals surface area contributed by atoms with Gasteiger partial charge in [-0.15, -0.1) is 28.1 Å². The lowest BCUT2D eigenvalue weighted by atomic mass is 10.1. The zero-order chi connectivity index (χ0) is 17.6. The number of carbonyl (C=O) groups excluding carboxylic acids is 1. The zero-order valence-corrected chi connectivity index (χ0v) is 16.6. The molecule has 2 aromatic heterocycles. The Morgan fingerprint density at radius 2 is 2.25 bits per heavy atom. The molecule has 0 aromatic carbocycles. The van der Waals surface area contributed by atoms with Crippen molar-refractivity contribution in [3.63, 3.8) is 0 Å². The number of carbonyl (C=O) groups is 1. The van der Waals surface area contributed by atoms with Crippen molar-refractivity contribution >= 4 is 45.5 Å². The third-order valence-corrected chi connectivity index (χ3v) is 5.65. The number of amides is 1. The number of hydrogen-bond acceptors (Lipinski definition) is 7. The van der Waals surface area contributed by atoms with Gasteiger partial charge in [0.2, 0.25) is 11.0 Å². The standard InChI is InChI=1S/C16H22N4OS3/c1-5-8-20(10-12-7-6-9-22-12)13(21)11-23-15-19-18-14(24-15)17-16(2,3)4/h5-7,9H,1,8,10-11H2,2-4H3,(H,17,18). The van der Waals surface area contributed by atoms with Crippen LogP contribution < -0.4 is 5.32 Å². The number of rotatable bonds is 8. The second-order valence-electron chi connectivity index (χ2n) is 6.18. The molecule has 1 N–H and O–H groups in total. The number of nitrogens with one attached hydrogen (secondary N) is 1. The molecule has 8 heteroatoms. The van der Waals surface area contributed by atoms with E-state index >= 15 is 0 Å². The van der Waals surface area contributed by atoms with Crippen LogP contribution in [0.5, 0.6) is 0 Å². The minimum absolute atomic E-state index is 0.0568. The maximum Gasteiger partial charge on any atom is 0.233 e. The molecule has 0 bridgehead atoms. The Morgan fingerprint density at radius 3 is 2.88 bits per heavy atom. The first-order chi connectivity index (χ1) is 11.4. The quantitative estimate of drug-likeness (QED) is 0.550. The van der Waals surface area contributed by atoms with E-state index in [0.717, 1.165) is 9.47 Å². The molecule has 2 rings (SSSR count). The minimum atomic E-state index is -0.0568. The van der Waals surface area contributed by atoms with Gasteiger partial charge in [-0.1, -0.05) is 35.2 Å². The van der Waals surface area contributed by atoms with E-state index in [9.17, 15) is 4.79 Å². The summed E-state index contributed by atoms with van der Waals surface area (Å²) in [4.78, 5) is 15.4. The lowest BCUT2D eigenvalue weighted by Gasteiger charge is -2.20. The lowest BCUT2D eigenvalue weighted by Crippen LogP contribution is -2.31. The Bertz CT molecular complexity index is 661. The van der Waals surface area contributed by atoms with Crippen LogP contribution in [0.1, 0.15) is 25.6 Å². The second-order valence-corrected chi connectivity index (χ2v) is 9.41. The Kier molecular flexibility index (Phi) is 6.82. The highest BCUT2D eigenvalue weighted by Gasteiger charge is 2.17. The highest BCUT2D eigenvalue weighted by molar-refractivity contribution is 8.01. The van der Waals surface area contributed by atoms with E-state index in [2.05, 4.69) is 42.9 Å². The van der Waals surface area contributed by atoms with Crippen LogP contribution in [-0.2, 0) is 11.3 Å². The Hall–Kier alpha value is -1.38. The molecule has 2 aromatic rings. The maximum absolute atomic E-state index is 12.5. The number of anilines is 1. The van der Waals surface area contributed by atoms with Crippen LogP contribution in [0.4, 0.5) is 5.13 Å². The van der Waals surface area contributed by atoms with Gasteiger partial charge in [0.1, 0.15) is 0 Å². The lowest BCUT2D eigenvalue weighted by molar-refractivity contribution is -0.128. The predicted octanol–water partition coefficient (Wildman–Crippen LogP) is 4.12. The van der Waals surface area contributed by atoms with E-state index in [1.165, 1.54) is 28.0 Å². The van der Waals surface area contributed by atoms with Gasteiger partial charge < -0.3 is 10.2 Å². The fourth-order valence-electron chi connectivity index (χ4n) is 1.86. The second kappa shape index (κ2) is 8.64. The van der Waals surface area contributed by atoms with Crippen LogP contribution in [0.15, 0.2) is 34.5 Å². The molecule has 24 heavy (non-hydrogen) atoms. The molecule has 1 amide bonds. The third kappa shape index (κ3) is 6.26. The molecule has 0 atom stereocenters. The van der Waals surface area contributed by atoms with E-state index in [1.807, 2.05) is 17.5 Å². The molecule has 0 saturated carbocycles. The van der Waals surface area contributed by atoms with Crippen molar-refractivity contribution in [2.75, 3.05) is 17.6 Å². The molecule has 0 radical (unpaired) electrons. The van der Waals surface area contributed by atoms with E-state index in [0.29, 0.717) is 18.8 Å². The van der Waals surface area contributed by atoms with E-state index in [1.54, 1.807) is 22.3 Å². The topological polar surface area (TPSA) is 58.1 Å². The summed E-state index contributed by atoms with van der Waals surface area (Å²) in [5, 5.41) is 14.3. The molecule has 5 nitrogen and oxygen atoms in total. The fraction of sp³-hybridized carbons (Fsp3) is 0.438. The highest BCUT2D eigenvalue weighted by Crippen LogP contribution is 2.27. The SMILES string of the molecule is C=CCN(Cc1cccs1)C(=O)CSc1nnc(NC(C)(C)C)s1. The average Bonchev–Trinajstić information content (AvgIpc) is 3.14. The Morgan fingerprint density at radius 1 is 1.46 bits per heavy atom. The number of thiophene rings is 1. The van der Waals surface area contributed by atoms with Crippen molar-refractivity contribution < 1.29 is 4.79 Å². The summed E-state index contributed by atoms with van der Waals surface area (Å²) in [5.41, 5.74) is -0.0568. The van der Waals surface area contributed by atoms with Crippen LogP contribution in [0, 0.1) is 0 Å². The summed E-state index contributed by atoms with van der Waals surface area (Å²) in [5.74, 6) is 0.428. The number of thioether (sulfide) groups is 1. The van der Waals surface area contributed by atoms with Crippen LogP contribution >= 0.6 is 34.4 Å². The van der Waals surface area contributed by atoms with Gasteiger partial charge in [-0.2, -0.15) is 0 Å². The molecule has 0 aliphatic carbocycles. The van der Waals surface area contributed by atoms with Gasteiger partial charge in [0, 0.05) is 17.0 Å². The first kappa shape index (κ1) is 19.0. The summed E-state index contributed by atoms with van der Waals surface area (Å²) < 4.78 is 0.796. The van der Waals surface area contributed by atoms with Gasteiger partial charge in [0.25, 0.3) is 0 Å². The predicted molar refractivity (Wildman–Crippen MR) is 104 cm³/mol. The van der Waals surface area contributed by atoms with E-state index in [-0.39, 0.29) is 11.4 Å². The normalized spacial score (nSPS) is 11.3. The summed E-state index contributed by atoms with van der Waals surface area (Å²) in [6, 6.07) is 4.03. The van der Waals surface area contributed by atoms with Crippen molar-refractivity contribution in [1.29, 1.82) is 0 Å². The number of nitrogens with zero attached hydrogens (tertiary/aromatic N) is 3. The van der Waals surface area contributed by atoms with Gasteiger partial charge in [-0.05, 0) is 32.2 Å². The van der Waals surface area contributed by atoms with Crippen LogP contribution in [0.25, 0.3) is 0 Å². The van der Waals surface area contributed by atoms with Crippen molar-refractivity contribution in [3.8, 4) is 0 Å². The van der Waals surface area contributed by atoms with Crippen molar-refractivity contribution in [2.24, 2.45) is 0 Å². The molecule has 130 valence electrons. The van der Waals surface area contributed by atoms with Crippen molar-refractivity contribution in [2.45, 2.75) is 37.2 Å². The first-order valence-corrected chi connectivity index (χ1v) is 10.2. The third-order valence-electron chi connectivity index (χ3n) is 2.84. The fourth-order valence-corrected chi connectivity index (χ4v) is 4.44. The first-order valence-electron chi connectivity index (χ1n) is 7.53. The molecule has 0 unspecified atom stereocenters. The number of hydrogen-bond donors (Lipinski definition) is 1. The zero-order valence-electron chi connectivity index (χ0n) is 14.1. The van der Waals surface area contributed by atoms with E-state index in [4.69, 9.17) is 0 Å². The molecule has 0 aliphatic rings. The minimum Gasteiger partial charge on any atom is -0.355 e. The van der Waals surface area contributed by atoms with Crippen molar-refractivity contribution in [1.82, 2.24) is 15.1 Å². The molecular formula is C16H22N4OS3. The van der Waals surface area contributed by atoms with E-state index < -0.39 is 0 Å². The summed E-state index contributed by atoms with van der Waals surface area (Å²) in [6.45, 7) is 11.1. The molecule has 0 aliphatic heterocycles. The van der Waals surface area contributed by atoms with Crippen LogP contribution in [0.3, 0.4) is 0 Å². The van der Waals surface area contributed by atoms with Crippen molar-refractivity contribution in [3.05, 3.63) is 35.0 Å². The van der Waals surface area contributed by atoms with Gasteiger partial charge in [-0.25, -0.2) is 0 Å². The highest BCUT2D eigenvalue weighted by atomic mass is 32.2. The Balaban J connectivity index is 1.89. The molecule has 0 fully saturated rings. The van der Waals surface area contributed by atoms with Crippen LogP contribution in [-0.4, -0.2) is 38.8 Å². The Labute approximate surface area is 155 Å². The largest absolute Gasteiger partial charge is 0.355 e. The maximum atomic E-state index is 12.5. The average molecular weight is 383 g/mol. The molecule has 0 spiro atoms. The molecule has 0 saturated heterocycles. The molecule has 2 heterocycles. The number of aromatic nitrogens is 2. The summed E-state index contributed by atoms with van der Waals surface area (Å²) >= 11 is 4.55. The summed E-state index contributed by atoms with van der Waals surface area (Å²) in [7, 11) is 0. The van der Waals surface area contributed by atoms with Gasteiger partial charge in [0.15, 0.2) is 4.34 Å². The summed E-state index contributed by atoms with van der Waals surface area (Å²) in [6.07, 6.45) is 1.76. The van der Waals surface area contributed by atoms with Gasteiger partial charge in [-0.3, -0.25) is 4.79 Å². The van der Waals surface area contributed by atoms with Gasteiger partial charge >= 0.3 is 0 Å².